The molecule has 1 aliphatic rings. The van der Waals surface area contributed by atoms with Crippen molar-refractivity contribution in [2.24, 2.45) is 0 Å². The van der Waals surface area contributed by atoms with E-state index in [0.29, 0.717) is 6.08 Å². The summed E-state index contributed by atoms with van der Waals surface area (Å²) >= 11 is 0. The number of nitrogens with zero attached hydrogens (tertiary/aromatic N) is 1. The predicted octanol–water partition coefficient (Wildman–Crippen LogP) is 3.85. The molecule has 0 bridgehead atoms. The molecule has 8 nitrogen and oxygen atoms in total. The molecule has 0 saturated heterocycles. The first-order valence-corrected chi connectivity index (χ1v) is 8.91. The molecule has 144 valence electrons. The Bertz CT molecular complexity index is 785. The SMILES string of the molecule is CCOP(=O)(OCC)C1=Cc2cc([N+](=O)[O-])ccc2OC1(O)C(F)(F)F. The summed E-state index contributed by atoms with van der Waals surface area (Å²) in [6.07, 6.45) is -4.70. The average Bonchev–Trinajstić information content (AvgIpc) is 2.53. The number of aliphatic hydroxyl groups is 1. The first-order valence-electron chi connectivity index (χ1n) is 7.37. The van der Waals surface area contributed by atoms with Gasteiger partial charge in [-0.25, -0.2) is 0 Å². The molecular weight excluding hydrogens is 382 g/mol. The Hall–Kier alpha value is -1.94. The number of non-ortho nitro benzene ring substituents is 1. The molecule has 0 amide bonds. The third-order valence-corrected chi connectivity index (χ3v) is 5.60. The molecule has 0 saturated carbocycles. The zero-order valence-corrected chi connectivity index (χ0v) is 14.5. The zero-order valence-electron chi connectivity index (χ0n) is 13.6. The van der Waals surface area contributed by atoms with Crippen molar-refractivity contribution in [3.05, 3.63) is 39.2 Å². The number of hydrogen-bond acceptors (Lipinski definition) is 7. The van der Waals surface area contributed by atoms with Gasteiger partial charge in [0.1, 0.15) is 11.1 Å². The van der Waals surface area contributed by atoms with Crippen LogP contribution in [-0.2, 0) is 13.6 Å². The number of alkyl halides is 3. The van der Waals surface area contributed by atoms with Crippen LogP contribution in [0.3, 0.4) is 0 Å². The van der Waals surface area contributed by atoms with Crippen LogP contribution in [-0.4, -0.2) is 35.2 Å². The highest BCUT2D eigenvalue weighted by atomic mass is 31.2. The average molecular weight is 397 g/mol. The van der Waals surface area contributed by atoms with Crippen LogP contribution in [0.25, 0.3) is 6.08 Å². The largest absolute Gasteiger partial charge is 0.460 e. The number of fused-ring (bicyclic) bond motifs is 1. The maximum atomic E-state index is 13.5. The van der Waals surface area contributed by atoms with Gasteiger partial charge in [-0.15, -0.1) is 0 Å². The molecule has 1 N–H and O–H groups in total. The second-order valence-corrected chi connectivity index (χ2v) is 7.08. The van der Waals surface area contributed by atoms with Crippen molar-refractivity contribution in [1.82, 2.24) is 0 Å². The smallest absolute Gasteiger partial charge is 0.449 e. The van der Waals surface area contributed by atoms with Crippen molar-refractivity contribution in [3.8, 4) is 5.75 Å². The Kier molecular flexibility index (Phi) is 5.48. The molecular formula is C14H15F3NO7P. The van der Waals surface area contributed by atoms with Crippen LogP contribution in [0.1, 0.15) is 19.4 Å². The number of benzene rings is 1. The van der Waals surface area contributed by atoms with E-state index in [9.17, 15) is 33.0 Å². The third kappa shape index (κ3) is 3.48. The van der Waals surface area contributed by atoms with E-state index in [0.717, 1.165) is 18.2 Å². The second kappa shape index (κ2) is 6.99. The Morgan fingerprint density at radius 1 is 1.31 bits per heavy atom. The number of halogens is 3. The van der Waals surface area contributed by atoms with Gasteiger partial charge in [0.2, 0.25) is 0 Å². The second-order valence-electron chi connectivity index (χ2n) is 5.09. The molecule has 0 spiro atoms. The van der Waals surface area contributed by atoms with Crippen LogP contribution in [0.4, 0.5) is 18.9 Å². The van der Waals surface area contributed by atoms with E-state index >= 15 is 0 Å². The van der Waals surface area contributed by atoms with Crippen molar-refractivity contribution in [1.29, 1.82) is 0 Å². The summed E-state index contributed by atoms with van der Waals surface area (Å²) in [5.41, 5.74) is -0.606. The molecule has 0 aromatic heterocycles. The molecule has 1 aliphatic heterocycles. The summed E-state index contributed by atoms with van der Waals surface area (Å²) in [5.74, 6) is -4.45. The lowest BCUT2D eigenvalue weighted by molar-refractivity contribution is -0.385. The summed E-state index contributed by atoms with van der Waals surface area (Å²) in [7, 11) is -4.61. The van der Waals surface area contributed by atoms with E-state index in [-0.39, 0.29) is 18.8 Å². The fourth-order valence-corrected chi connectivity index (χ4v) is 4.17. The molecule has 12 heteroatoms. The van der Waals surface area contributed by atoms with Crippen LogP contribution in [0.2, 0.25) is 0 Å². The van der Waals surface area contributed by atoms with Crippen molar-refractivity contribution >= 4 is 19.4 Å². The maximum Gasteiger partial charge on any atom is 0.460 e. The van der Waals surface area contributed by atoms with Gasteiger partial charge in [-0.3, -0.25) is 14.7 Å². The summed E-state index contributed by atoms with van der Waals surface area (Å²) in [4.78, 5) is 10.1. The van der Waals surface area contributed by atoms with Gasteiger partial charge in [0.15, 0.2) is 0 Å². The van der Waals surface area contributed by atoms with Crippen molar-refractivity contribution < 1.29 is 41.6 Å². The number of nitro groups is 1. The molecule has 1 unspecified atom stereocenters. The summed E-state index contributed by atoms with van der Waals surface area (Å²) in [6.45, 7) is 2.21. The number of ether oxygens (including phenoxy) is 1. The van der Waals surface area contributed by atoms with Crippen molar-refractivity contribution in [3.63, 3.8) is 0 Å². The normalized spacial score (nSPS) is 20.2. The van der Waals surface area contributed by atoms with E-state index in [1.54, 1.807) is 0 Å². The Morgan fingerprint density at radius 2 is 1.88 bits per heavy atom. The highest BCUT2D eigenvalue weighted by molar-refractivity contribution is 7.58. The lowest BCUT2D eigenvalue weighted by Gasteiger charge is -2.37. The Morgan fingerprint density at radius 3 is 2.35 bits per heavy atom. The lowest BCUT2D eigenvalue weighted by atomic mass is 10.1. The molecule has 0 radical (unpaired) electrons. The first kappa shape index (κ1) is 20.4. The minimum Gasteiger partial charge on any atom is -0.449 e. The molecule has 1 heterocycles. The highest BCUT2D eigenvalue weighted by Gasteiger charge is 2.66. The fraction of sp³-hybridized carbons (Fsp3) is 0.429. The summed E-state index contributed by atoms with van der Waals surface area (Å²) in [6, 6.07) is 2.75. The van der Waals surface area contributed by atoms with Crippen LogP contribution >= 0.6 is 7.60 Å². The molecule has 2 rings (SSSR count). The molecule has 1 aromatic rings. The van der Waals surface area contributed by atoms with Gasteiger partial charge in [-0.05, 0) is 26.0 Å². The molecule has 0 aliphatic carbocycles. The molecule has 1 aromatic carbocycles. The molecule has 0 fully saturated rings. The van der Waals surface area contributed by atoms with Crippen molar-refractivity contribution in [2.75, 3.05) is 13.2 Å². The van der Waals surface area contributed by atoms with Crippen LogP contribution in [0, 0.1) is 10.1 Å². The van der Waals surface area contributed by atoms with Gasteiger partial charge in [-0.2, -0.15) is 13.2 Å². The van der Waals surface area contributed by atoms with E-state index in [2.05, 4.69) is 4.74 Å². The fourth-order valence-electron chi connectivity index (χ4n) is 2.30. The number of rotatable bonds is 6. The maximum absolute atomic E-state index is 13.5. The molecule has 1 atom stereocenters. The van der Waals surface area contributed by atoms with E-state index < -0.39 is 41.2 Å². The van der Waals surface area contributed by atoms with Gasteiger partial charge in [0.25, 0.3) is 5.69 Å². The number of hydrogen-bond donors (Lipinski definition) is 1. The first-order chi connectivity index (χ1) is 12.0. The zero-order chi connectivity index (χ0) is 19.8. The minimum atomic E-state index is -5.39. The lowest BCUT2D eigenvalue weighted by Crippen LogP contribution is -2.53. The summed E-state index contributed by atoms with van der Waals surface area (Å²) in [5, 5.41) is 19.9. The Balaban J connectivity index is 2.73. The minimum absolute atomic E-state index is 0.178. The van der Waals surface area contributed by atoms with Crippen LogP contribution < -0.4 is 4.74 Å². The van der Waals surface area contributed by atoms with E-state index in [1.807, 2.05) is 0 Å². The monoisotopic (exact) mass is 397 g/mol. The standard InChI is InChI=1S/C14H15F3NO7P/c1-3-23-26(22,24-4-2)12-8-9-7-10(18(20)21)5-6-11(9)25-13(12,19)14(15,16)17/h5-8,19H,3-4H2,1-2H3. The number of nitro benzene ring substituents is 1. The van der Waals surface area contributed by atoms with Gasteiger partial charge in [0, 0.05) is 17.7 Å². The Labute approximate surface area is 145 Å². The topological polar surface area (TPSA) is 108 Å². The highest BCUT2D eigenvalue weighted by Crippen LogP contribution is 2.64. The van der Waals surface area contributed by atoms with Gasteiger partial charge in [0.05, 0.1) is 18.1 Å². The van der Waals surface area contributed by atoms with E-state index in [4.69, 9.17) is 9.05 Å². The quantitative estimate of drug-likeness (QED) is 0.441. The summed E-state index contributed by atoms with van der Waals surface area (Å²) < 4.78 is 67.9. The van der Waals surface area contributed by atoms with Crippen LogP contribution in [0.5, 0.6) is 5.75 Å². The van der Waals surface area contributed by atoms with Gasteiger partial charge in [-0.1, -0.05) is 0 Å². The van der Waals surface area contributed by atoms with Crippen LogP contribution in [0.15, 0.2) is 23.5 Å². The predicted molar refractivity (Wildman–Crippen MR) is 83.6 cm³/mol. The molecule has 26 heavy (non-hydrogen) atoms. The van der Waals surface area contributed by atoms with Gasteiger partial charge < -0.3 is 18.9 Å². The van der Waals surface area contributed by atoms with E-state index in [1.165, 1.54) is 13.8 Å². The van der Waals surface area contributed by atoms with Gasteiger partial charge >= 0.3 is 19.6 Å². The van der Waals surface area contributed by atoms with Crippen molar-refractivity contribution in [2.45, 2.75) is 25.8 Å². The third-order valence-electron chi connectivity index (χ3n) is 3.38.